The molecule has 0 radical (unpaired) electrons. The largest absolute Gasteiger partial charge is 0.394 e. The summed E-state index contributed by atoms with van der Waals surface area (Å²) < 4.78 is 0. The van der Waals surface area contributed by atoms with Crippen LogP contribution in [0.25, 0.3) is 0 Å². The molecular formula is C16H27NO4. The van der Waals surface area contributed by atoms with Crippen molar-refractivity contribution in [2.45, 2.75) is 31.9 Å². The number of hydrogen-bond donors (Lipinski definition) is 5. The van der Waals surface area contributed by atoms with Gasteiger partial charge in [0.1, 0.15) is 0 Å². The molecule has 5 nitrogen and oxygen atoms in total. The van der Waals surface area contributed by atoms with Crippen molar-refractivity contribution in [2.24, 2.45) is 5.92 Å². The Morgan fingerprint density at radius 1 is 1.00 bits per heavy atom. The summed E-state index contributed by atoms with van der Waals surface area (Å²) in [5.74, 6) is 0.585. The van der Waals surface area contributed by atoms with E-state index in [-0.39, 0.29) is 6.54 Å². The van der Waals surface area contributed by atoms with Crippen LogP contribution in [-0.4, -0.2) is 52.3 Å². The molecule has 5 heteroatoms. The van der Waals surface area contributed by atoms with Gasteiger partial charge in [-0.05, 0) is 23.5 Å². The Bertz CT molecular complexity index is 393. The minimum atomic E-state index is -1.17. The van der Waals surface area contributed by atoms with Crippen molar-refractivity contribution in [2.75, 3.05) is 26.4 Å². The van der Waals surface area contributed by atoms with Crippen LogP contribution in [0.15, 0.2) is 24.3 Å². The van der Waals surface area contributed by atoms with Crippen LogP contribution < -0.4 is 5.32 Å². The van der Waals surface area contributed by atoms with Crippen molar-refractivity contribution in [3.8, 4) is 0 Å². The Morgan fingerprint density at radius 3 is 1.95 bits per heavy atom. The predicted molar refractivity (Wildman–Crippen MR) is 81.9 cm³/mol. The van der Waals surface area contributed by atoms with Gasteiger partial charge in [0.2, 0.25) is 0 Å². The molecule has 0 aliphatic heterocycles. The SMILES string of the molecule is CC(C)Cc1ccc(C(O)CNC(CO)(CO)CO)cc1. The van der Waals surface area contributed by atoms with Gasteiger partial charge < -0.3 is 25.7 Å². The maximum absolute atomic E-state index is 10.1. The topological polar surface area (TPSA) is 93.0 Å². The molecule has 0 heterocycles. The number of benzene rings is 1. The molecule has 0 amide bonds. The Balaban J connectivity index is 2.61. The zero-order valence-electron chi connectivity index (χ0n) is 12.8. The van der Waals surface area contributed by atoms with Crippen molar-refractivity contribution in [3.63, 3.8) is 0 Å². The maximum Gasteiger partial charge on any atom is 0.0914 e. The quantitative estimate of drug-likeness (QED) is 0.450. The first kappa shape index (κ1) is 18.1. The van der Waals surface area contributed by atoms with Crippen molar-refractivity contribution in [1.82, 2.24) is 5.32 Å². The lowest BCUT2D eigenvalue weighted by Gasteiger charge is -2.30. The summed E-state index contributed by atoms with van der Waals surface area (Å²) >= 11 is 0. The first-order valence-electron chi connectivity index (χ1n) is 7.31. The van der Waals surface area contributed by atoms with Gasteiger partial charge in [-0.25, -0.2) is 0 Å². The van der Waals surface area contributed by atoms with Crippen molar-refractivity contribution < 1.29 is 20.4 Å². The lowest BCUT2D eigenvalue weighted by atomic mass is 9.99. The Morgan fingerprint density at radius 2 is 1.52 bits per heavy atom. The molecular weight excluding hydrogens is 270 g/mol. The second kappa shape index (κ2) is 8.46. The lowest BCUT2D eigenvalue weighted by Crippen LogP contribution is -2.55. The van der Waals surface area contributed by atoms with Gasteiger partial charge in [0.15, 0.2) is 0 Å². The molecule has 1 rings (SSSR count). The Labute approximate surface area is 126 Å². The first-order valence-corrected chi connectivity index (χ1v) is 7.31. The van der Waals surface area contributed by atoms with Crippen molar-refractivity contribution in [3.05, 3.63) is 35.4 Å². The van der Waals surface area contributed by atoms with E-state index in [0.717, 1.165) is 12.0 Å². The molecule has 0 fully saturated rings. The van der Waals surface area contributed by atoms with E-state index in [1.165, 1.54) is 5.56 Å². The van der Waals surface area contributed by atoms with Gasteiger partial charge in [0.25, 0.3) is 0 Å². The molecule has 0 aliphatic carbocycles. The lowest BCUT2D eigenvalue weighted by molar-refractivity contribution is 0.0322. The number of nitrogens with one attached hydrogen (secondary N) is 1. The molecule has 0 spiro atoms. The average Bonchev–Trinajstić information content (AvgIpc) is 2.49. The molecule has 1 atom stereocenters. The highest BCUT2D eigenvalue weighted by Crippen LogP contribution is 2.16. The van der Waals surface area contributed by atoms with E-state index in [2.05, 4.69) is 19.2 Å². The van der Waals surface area contributed by atoms with Gasteiger partial charge in [0.05, 0.1) is 31.5 Å². The highest BCUT2D eigenvalue weighted by Gasteiger charge is 2.28. The van der Waals surface area contributed by atoms with Crippen molar-refractivity contribution >= 4 is 0 Å². The summed E-state index contributed by atoms with van der Waals surface area (Å²) in [4.78, 5) is 0. The van der Waals surface area contributed by atoms with Crippen LogP contribution in [0, 0.1) is 5.92 Å². The average molecular weight is 297 g/mol. The maximum atomic E-state index is 10.1. The normalized spacial score (nSPS) is 13.7. The van der Waals surface area contributed by atoms with Crippen LogP contribution in [0.2, 0.25) is 0 Å². The summed E-state index contributed by atoms with van der Waals surface area (Å²) in [6.07, 6.45) is 0.235. The molecule has 1 aromatic carbocycles. The monoisotopic (exact) mass is 297 g/mol. The van der Waals surface area contributed by atoms with Gasteiger partial charge in [-0.1, -0.05) is 38.1 Å². The smallest absolute Gasteiger partial charge is 0.0914 e. The van der Waals surface area contributed by atoms with E-state index >= 15 is 0 Å². The standard InChI is InChI=1S/C16H27NO4/c1-12(2)7-13-3-5-14(6-4-13)15(21)8-17-16(9-18,10-19)11-20/h3-6,12,15,17-21H,7-11H2,1-2H3. The van der Waals surface area contributed by atoms with Crippen molar-refractivity contribution in [1.29, 1.82) is 0 Å². The highest BCUT2D eigenvalue weighted by molar-refractivity contribution is 5.24. The van der Waals surface area contributed by atoms with Gasteiger partial charge >= 0.3 is 0 Å². The minimum Gasteiger partial charge on any atom is -0.394 e. The van der Waals surface area contributed by atoms with E-state index in [9.17, 15) is 20.4 Å². The summed E-state index contributed by atoms with van der Waals surface area (Å²) in [6.45, 7) is 3.25. The van der Waals surface area contributed by atoms with Gasteiger partial charge in [-0.3, -0.25) is 0 Å². The van der Waals surface area contributed by atoms with Gasteiger partial charge in [-0.15, -0.1) is 0 Å². The number of aliphatic hydroxyl groups excluding tert-OH is 4. The fourth-order valence-corrected chi connectivity index (χ4v) is 2.10. The molecule has 1 unspecified atom stereocenters. The predicted octanol–water partition coefficient (Wildman–Crippen LogP) is 0.224. The minimum absolute atomic E-state index is 0.144. The van der Waals surface area contributed by atoms with Crippen LogP contribution in [-0.2, 0) is 6.42 Å². The van der Waals surface area contributed by atoms with E-state index in [1.807, 2.05) is 24.3 Å². The molecule has 0 aromatic heterocycles. The zero-order chi connectivity index (χ0) is 15.9. The molecule has 5 N–H and O–H groups in total. The third kappa shape index (κ3) is 5.37. The first-order chi connectivity index (χ1) is 9.96. The van der Waals surface area contributed by atoms with Crippen LogP contribution in [0.3, 0.4) is 0 Å². The van der Waals surface area contributed by atoms with Gasteiger partial charge in [-0.2, -0.15) is 0 Å². The highest BCUT2D eigenvalue weighted by atomic mass is 16.3. The second-order valence-electron chi connectivity index (χ2n) is 5.99. The van der Waals surface area contributed by atoms with E-state index in [4.69, 9.17) is 0 Å². The number of β-amino-alcohol motifs (C(OH)–C–C–N with tert-alkyl or cyclic N) is 1. The summed E-state index contributed by atoms with van der Waals surface area (Å²) in [5, 5.41) is 40.6. The summed E-state index contributed by atoms with van der Waals surface area (Å²) in [6, 6.07) is 7.75. The molecule has 0 saturated carbocycles. The fourth-order valence-electron chi connectivity index (χ4n) is 2.10. The van der Waals surface area contributed by atoms with Crippen LogP contribution >= 0.6 is 0 Å². The molecule has 21 heavy (non-hydrogen) atoms. The van der Waals surface area contributed by atoms with E-state index in [1.54, 1.807) is 0 Å². The van der Waals surface area contributed by atoms with Crippen LogP contribution in [0.5, 0.6) is 0 Å². The Kier molecular flexibility index (Phi) is 7.28. The van der Waals surface area contributed by atoms with E-state index in [0.29, 0.717) is 5.92 Å². The van der Waals surface area contributed by atoms with Crippen LogP contribution in [0.1, 0.15) is 31.1 Å². The fraction of sp³-hybridized carbons (Fsp3) is 0.625. The number of aliphatic hydroxyl groups is 4. The molecule has 0 aliphatic rings. The van der Waals surface area contributed by atoms with E-state index < -0.39 is 31.5 Å². The number of hydrogen-bond acceptors (Lipinski definition) is 5. The van der Waals surface area contributed by atoms with Gasteiger partial charge in [0, 0.05) is 6.54 Å². The third-order valence-corrected chi connectivity index (χ3v) is 3.59. The summed E-state index contributed by atoms with van der Waals surface area (Å²) in [7, 11) is 0. The third-order valence-electron chi connectivity index (χ3n) is 3.59. The molecule has 0 saturated heterocycles. The molecule has 120 valence electrons. The zero-order valence-corrected chi connectivity index (χ0v) is 12.8. The summed E-state index contributed by atoms with van der Waals surface area (Å²) in [5.41, 5.74) is 0.820. The Hall–Kier alpha value is -0.980. The van der Waals surface area contributed by atoms with Crippen LogP contribution in [0.4, 0.5) is 0 Å². The molecule has 0 bridgehead atoms. The molecule has 1 aromatic rings. The second-order valence-corrected chi connectivity index (χ2v) is 5.99. The number of rotatable bonds is 9.